The average Bonchev–Trinajstić information content (AvgIpc) is 2.60. The number of imidazole rings is 1. The fraction of sp³-hybridized carbons (Fsp3) is 0.750. The van der Waals surface area contributed by atoms with Crippen molar-refractivity contribution in [3.05, 3.63) is 18.2 Å². The highest BCUT2D eigenvalue weighted by atomic mass is 16.3. The first-order valence-electron chi connectivity index (χ1n) is 6.00. The van der Waals surface area contributed by atoms with Gasteiger partial charge in [0.25, 0.3) is 0 Å². The van der Waals surface area contributed by atoms with Gasteiger partial charge >= 0.3 is 0 Å². The molecular weight excluding hydrogens is 188 g/mol. The molecule has 1 aromatic heterocycles. The predicted molar refractivity (Wildman–Crippen MR) is 59.4 cm³/mol. The number of aromatic nitrogens is 2. The summed E-state index contributed by atoms with van der Waals surface area (Å²) in [5, 5.41) is 10.1. The Balaban J connectivity index is 1.96. The van der Waals surface area contributed by atoms with E-state index in [1.807, 2.05) is 6.20 Å². The number of hydrogen-bond acceptors (Lipinski definition) is 2. The molecule has 1 saturated carbocycles. The average molecular weight is 208 g/mol. The van der Waals surface area contributed by atoms with Crippen LogP contribution >= 0.6 is 0 Å². The van der Waals surface area contributed by atoms with Crippen molar-refractivity contribution < 1.29 is 5.11 Å². The summed E-state index contributed by atoms with van der Waals surface area (Å²) < 4.78 is 2.07. The third kappa shape index (κ3) is 2.40. The Morgan fingerprint density at radius 3 is 3.00 bits per heavy atom. The van der Waals surface area contributed by atoms with Crippen molar-refractivity contribution in [3.63, 3.8) is 0 Å². The lowest BCUT2D eigenvalue weighted by Crippen LogP contribution is -2.17. The van der Waals surface area contributed by atoms with Gasteiger partial charge in [0, 0.05) is 18.9 Å². The minimum Gasteiger partial charge on any atom is -0.385 e. The maximum atomic E-state index is 10.1. The second-order valence-corrected chi connectivity index (χ2v) is 4.53. The summed E-state index contributed by atoms with van der Waals surface area (Å²) in [6, 6.07) is 0. The molecule has 1 fully saturated rings. The van der Waals surface area contributed by atoms with Crippen molar-refractivity contribution >= 4 is 0 Å². The van der Waals surface area contributed by atoms with Crippen molar-refractivity contribution in [2.24, 2.45) is 5.92 Å². The summed E-state index contributed by atoms with van der Waals surface area (Å²) in [4.78, 5) is 4.26. The number of aliphatic hydroxyl groups excluding tert-OH is 1. The molecule has 1 aromatic rings. The van der Waals surface area contributed by atoms with E-state index in [0.29, 0.717) is 0 Å². The minimum atomic E-state index is -0.364. The first kappa shape index (κ1) is 10.7. The summed E-state index contributed by atoms with van der Waals surface area (Å²) in [5.74, 6) is 1.58. The van der Waals surface area contributed by atoms with E-state index in [4.69, 9.17) is 0 Å². The van der Waals surface area contributed by atoms with Crippen LogP contribution < -0.4 is 0 Å². The van der Waals surface area contributed by atoms with E-state index in [9.17, 15) is 5.11 Å². The SMILES string of the molecule is CCCn1ccnc1C(O)CC1CCC1. The van der Waals surface area contributed by atoms with E-state index in [1.54, 1.807) is 6.20 Å². The van der Waals surface area contributed by atoms with Crippen LogP contribution in [-0.2, 0) is 6.54 Å². The number of hydrogen-bond donors (Lipinski definition) is 1. The molecule has 3 nitrogen and oxygen atoms in total. The van der Waals surface area contributed by atoms with Crippen LogP contribution in [0.2, 0.25) is 0 Å². The third-order valence-electron chi connectivity index (χ3n) is 3.29. The Morgan fingerprint density at radius 2 is 2.40 bits per heavy atom. The molecule has 3 heteroatoms. The van der Waals surface area contributed by atoms with E-state index in [1.165, 1.54) is 19.3 Å². The molecule has 0 aromatic carbocycles. The van der Waals surface area contributed by atoms with Crippen LogP contribution in [-0.4, -0.2) is 14.7 Å². The van der Waals surface area contributed by atoms with Gasteiger partial charge in [0.1, 0.15) is 11.9 Å². The molecule has 1 atom stereocenters. The van der Waals surface area contributed by atoms with E-state index < -0.39 is 0 Å². The van der Waals surface area contributed by atoms with Gasteiger partial charge in [-0.1, -0.05) is 26.2 Å². The third-order valence-corrected chi connectivity index (χ3v) is 3.29. The number of aliphatic hydroxyl groups is 1. The van der Waals surface area contributed by atoms with Gasteiger partial charge in [-0.05, 0) is 18.8 Å². The lowest BCUT2D eigenvalue weighted by Gasteiger charge is -2.27. The second kappa shape index (κ2) is 4.79. The Hall–Kier alpha value is -0.830. The zero-order valence-corrected chi connectivity index (χ0v) is 9.39. The standard InChI is InChI=1S/C12H20N2O/c1-2-7-14-8-6-13-12(14)11(15)9-10-4-3-5-10/h6,8,10-11,15H,2-5,7,9H2,1H3. The van der Waals surface area contributed by atoms with Gasteiger partial charge in [-0.15, -0.1) is 0 Å². The quantitative estimate of drug-likeness (QED) is 0.807. The molecule has 0 aliphatic heterocycles. The largest absolute Gasteiger partial charge is 0.385 e. The van der Waals surface area contributed by atoms with E-state index >= 15 is 0 Å². The van der Waals surface area contributed by atoms with Gasteiger partial charge < -0.3 is 9.67 Å². The Bertz CT molecular complexity index is 304. The molecule has 1 aliphatic carbocycles. The summed E-state index contributed by atoms with van der Waals surface area (Å²) in [7, 11) is 0. The Kier molecular flexibility index (Phi) is 3.41. The molecular formula is C12H20N2O. The van der Waals surface area contributed by atoms with Crippen molar-refractivity contribution in [3.8, 4) is 0 Å². The number of rotatable bonds is 5. The summed E-state index contributed by atoms with van der Waals surface area (Å²) in [5.41, 5.74) is 0. The smallest absolute Gasteiger partial charge is 0.137 e. The minimum absolute atomic E-state index is 0.364. The van der Waals surface area contributed by atoms with Crippen LogP contribution in [0, 0.1) is 5.92 Å². The Labute approximate surface area is 91.1 Å². The topological polar surface area (TPSA) is 38.0 Å². The molecule has 0 saturated heterocycles. The van der Waals surface area contributed by atoms with Crippen molar-refractivity contribution in [2.75, 3.05) is 0 Å². The van der Waals surface area contributed by atoms with Crippen LogP contribution in [0.25, 0.3) is 0 Å². The molecule has 0 amide bonds. The van der Waals surface area contributed by atoms with Crippen LogP contribution in [0.1, 0.15) is 51.0 Å². The zero-order chi connectivity index (χ0) is 10.7. The molecule has 0 bridgehead atoms. The van der Waals surface area contributed by atoms with Gasteiger partial charge in [0.15, 0.2) is 0 Å². The van der Waals surface area contributed by atoms with E-state index in [-0.39, 0.29) is 6.10 Å². The molecule has 0 spiro atoms. The van der Waals surface area contributed by atoms with Gasteiger partial charge in [0.05, 0.1) is 0 Å². The highest BCUT2D eigenvalue weighted by Gasteiger charge is 2.23. The fourth-order valence-corrected chi connectivity index (χ4v) is 2.20. The summed E-state index contributed by atoms with van der Waals surface area (Å²) in [6.07, 6.45) is 9.26. The molecule has 1 aliphatic rings. The zero-order valence-electron chi connectivity index (χ0n) is 9.39. The first-order valence-corrected chi connectivity index (χ1v) is 6.00. The number of aryl methyl sites for hydroxylation is 1. The molecule has 1 unspecified atom stereocenters. The van der Waals surface area contributed by atoms with Gasteiger partial charge in [-0.3, -0.25) is 0 Å². The lowest BCUT2D eigenvalue weighted by atomic mass is 9.81. The second-order valence-electron chi connectivity index (χ2n) is 4.53. The first-order chi connectivity index (χ1) is 7.31. The lowest BCUT2D eigenvalue weighted by molar-refractivity contribution is 0.107. The van der Waals surface area contributed by atoms with Crippen LogP contribution in [0.15, 0.2) is 12.4 Å². The predicted octanol–water partition coefficient (Wildman–Crippen LogP) is 2.52. The van der Waals surface area contributed by atoms with Crippen molar-refractivity contribution in [2.45, 2.75) is 51.7 Å². The summed E-state index contributed by atoms with van der Waals surface area (Å²) >= 11 is 0. The normalized spacial score (nSPS) is 18.8. The monoisotopic (exact) mass is 208 g/mol. The maximum Gasteiger partial charge on any atom is 0.137 e. The van der Waals surface area contributed by atoms with Crippen LogP contribution in [0.5, 0.6) is 0 Å². The van der Waals surface area contributed by atoms with Gasteiger partial charge in [-0.2, -0.15) is 0 Å². The van der Waals surface area contributed by atoms with Crippen LogP contribution in [0.3, 0.4) is 0 Å². The molecule has 84 valence electrons. The highest BCUT2D eigenvalue weighted by molar-refractivity contribution is 4.97. The van der Waals surface area contributed by atoms with E-state index in [2.05, 4.69) is 16.5 Å². The van der Waals surface area contributed by atoms with E-state index in [0.717, 1.165) is 31.1 Å². The molecule has 15 heavy (non-hydrogen) atoms. The summed E-state index contributed by atoms with van der Waals surface area (Å²) in [6.45, 7) is 3.10. The molecule has 1 N–H and O–H groups in total. The van der Waals surface area contributed by atoms with Gasteiger partial charge in [0.2, 0.25) is 0 Å². The number of nitrogens with zero attached hydrogens (tertiary/aromatic N) is 2. The maximum absolute atomic E-state index is 10.1. The van der Waals surface area contributed by atoms with Gasteiger partial charge in [-0.25, -0.2) is 4.98 Å². The van der Waals surface area contributed by atoms with Crippen molar-refractivity contribution in [1.82, 2.24) is 9.55 Å². The fourth-order valence-electron chi connectivity index (χ4n) is 2.20. The highest BCUT2D eigenvalue weighted by Crippen LogP contribution is 2.34. The Morgan fingerprint density at radius 1 is 1.60 bits per heavy atom. The molecule has 0 radical (unpaired) electrons. The molecule has 1 heterocycles. The van der Waals surface area contributed by atoms with Crippen LogP contribution in [0.4, 0.5) is 0 Å². The molecule has 2 rings (SSSR count). The van der Waals surface area contributed by atoms with Crippen molar-refractivity contribution in [1.29, 1.82) is 0 Å².